The second-order valence-corrected chi connectivity index (χ2v) is 6.76. The molecule has 1 fully saturated rings. The number of carbonyl (C=O) groups excluding carboxylic acids is 1. The van der Waals surface area contributed by atoms with Crippen LogP contribution >= 0.6 is 11.8 Å². The number of nitrogens with zero attached hydrogens (tertiary/aromatic N) is 1. The zero-order chi connectivity index (χ0) is 15.2. The molecular weight excluding hydrogens is 280 g/mol. The van der Waals surface area contributed by atoms with Gasteiger partial charge in [-0.05, 0) is 38.3 Å². The van der Waals surface area contributed by atoms with E-state index in [1.807, 2.05) is 25.1 Å². The second kappa shape index (κ2) is 7.74. The van der Waals surface area contributed by atoms with Crippen LogP contribution in [0.1, 0.15) is 44.6 Å². The first kappa shape index (κ1) is 16.2. The molecule has 2 rings (SSSR count). The lowest BCUT2D eigenvalue weighted by Crippen LogP contribution is -2.42. The first-order chi connectivity index (χ1) is 10.1. The van der Waals surface area contributed by atoms with Crippen molar-refractivity contribution < 1.29 is 4.79 Å². The third-order valence-corrected chi connectivity index (χ3v) is 5.37. The topological polar surface area (TPSA) is 46.3 Å². The monoisotopic (exact) mass is 306 g/mol. The lowest BCUT2D eigenvalue weighted by molar-refractivity contribution is -0.131. The summed E-state index contributed by atoms with van der Waals surface area (Å²) >= 11 is 1.56. The van der Waals surface area contributed by atoms with Gasteiger partial charge in [-0.15, -0.1) is 11.8 Å². The minimum atomic E-state index is 0.246. The van der Waals surface area contributed by atoms with Gasteiger partial charge in [0.15, 0.2) is 0 Å². The van der Waals surface area contributed by atoms with Gasteiger partial charge in [-0.1, -0.05) is 31.4 Å². The number of nitrogen functional groups attached to an aromatic ring is 1. The number of amides is 1. The molecule has 0 saturated heterocycles. The fraction of sp³-hybridized carbons (Fsp3) is 0.588. The van der Waals surface area contributed by atoms with Crippen LogP contribution in [0.2, 0.25) is 0 Å². The molecule has 0 unspecified atom stereocenters. The van der Waals surface area contributed by atoms with Gasteiger partial charge in [-0.3, -0.25) is 4.79 Å². The highest BCUT2D eigenvalue weighted by molar-refractivity contribution is 8.00. The van der Waals surface area contributed by atoms with Gasteiger partial charge in [0.05, 0.1) is 5.75 Å². The molecule has 1 aliphatic carbocycles. The Morgan fingerprint density at radius 2 is 2.05 bits per heavy atom. The Balaban J connectivity index is 1.94. The zero-order valence-corrected chi connectivity index (χ0v) is 13.9. The van der Waals surface area contributed by atoms with Crippen LogP contribution in [0.3, 0.4) is 0 Å². The molecule has 1 saturated carbocycles. The van der Waals surface area contributed by atoms with Crippen molar-refractivity contribution in [1.29, 1.82) is 0 Å². The van der Waals surface area contributed by atoms with Gasteiger partial charge < -0.3 is 10.6 Å². The van der Waals surface area contributed by atoms with Gasteiger partial charge >= 0.3 is 0 Å². The van der Waals surface area contributed by atoms with E-state index in [0.29, 0.717) is 11.8 Å². The van der Waals surface area contributed by atoms with Crippen molar-refractivity contribution in [2.75, 3.05) is 18.0 Å². The molecule has 0 radical (unpaired) electrons. The molecule has 0 atom stereocenters. The van der Waals surface area contributed by atoms with E-state index in [2.05, 4.69) is 11.8 Å². The maximum atomic E-state index is 12.5. The Hall–Kier alpha value is -1.16. The summed E-state index contributed by atoms with van der Waals surface area (Å²) in [6.45, 7) is 4.90. The van der Waals surface area contributed by atoms with Gasteiger partial charge in [0.1, 0.15) is 0 Å². The van der Waals surface area contributed by atoms with Crippen LogP contribution in [0.4, 0.5) is 5.69 Å². The number of nitrogens with two attached hydrogens (primary N) is 1. The molecule has 1 aromatic rings. The number of benzene rings is 1. The van der Waals surface area contributed by atoms with Gasteiger partial charge in [0, 0.05) is 23.2 Å². The summed E-state index contributed by atoms with van der Waals surface area (Å²) in [5.74, 6) is 0.730. The number of para-hydroxylation sites is 1. The molecule has 0 heterocycles. The van der Waals surface area contributed by atoms with Crippen LogP contribution in [-0.4, -0.2) is 29.1 Å². The van der Waals surface area contributed by atoms with Crippen molar-refractivity contribution in [2.24, 2.45) is 0 Å². The normalized spacial score (nSPS) is 15.9. The van der Waals surface area contributed by atoms with Crippen LogP contribution in [0, 0.1) is 6.92 Å². The largest absolute Gasteiger partial charge is 0.398 e. The first-order valence-corrected chi connectivity index (χ1v) is 8.89. The fourth-order valence-electron chi connectivity index (χ4n) is 3.03. The maximum absolute atomic E-state index is 12.5. The van der Waals surface area contributed by atoms with Crippen LogP contribution in [0.25, 0.3) is 0 Å². The van der Waals surface area contributed by atoms with E-state index in [4.69, 9.17) is 5.73 Å². The number of hydrogen-bond acceptors (Lipinski definition) is 3. The van der Waals surface area contributed by atoms with Gasteiger partial charge in [-0.2, -0.15) is 0 Å². The van der Waals surface area contributed by atoms with E-state index in [1.54, 1.807) is 11.8 Å². The van der Waals surface area contributed by atoms with E-state index < -0.39 is 0 Å². The Kier molecular flexibility index (Phi) is 5.97. The number of anilines is 1. The number of rotatable bonds is 5. The van der Waals surface area contributed by atoms with Crippen molar-refractivity contribution in [1.82, 2.24) is 4.90 Å². The van der Waals surface area contributed by atoms with Crippen LogP contribution in [0.5, 0.6) is 0 Å². The third kappa shape index (κ3) is 4.16. The summed E-state index contributed by atoms with van der Waals surface area (Å²) < 4.78 is 0. The second-order valence-electron chi connectivity index (χ2n) is 5.75. The van der Waals surface area contributed by atoms with Crippen molar-refractivity contribution in [3.8, 4) is 0 Å². The highest BCUT2D eigenvalue weighted by Crippen LogP contribution is 2.28. The van der Waals surface area contributed by atoms with E-state index >= 15 is 0 Å². The molecular formula is C17H26N2OS. The molecule has 0 aromatic heterocycles. The molecule has 3 nitrogen and oxygen atoms in total. The third-order valence-electron chi connectivity index (χ3n) is 4.31. The molecule has 0 spiro atoms. The SMILES string of the molecule is CCN(C(=O)CSc1cccc(C)c1N)C1CCCCC1. The van der Waals surface area contributed by atoms with E-state index in [-0.39, 0.29) is 5.91 Å². The van der Waals surface area contributed by atoms with E-state index in [0.717, 1.165) is 35.5 Å². The van der Waals surface area contributed by atoms with Crippen LogP contribution in [0.15, 0.2) is 23.1 Å². The molecule has 1 aliphatic rings. The summed E-state index contributed by atoms with van der Waals surface area (Å²) in [6.07, 6.45) is 6.16. The smallest absolute Gasteiger partial charge is 0.233 e. The minimum Gasteiger partial charge on any atom is -0.398 e. The lowest BCUT2D eigenvalue weighted by Gasteiger charge is -2.33. The molecule has 1 aromatic carbocycles. The number of thioether (sulfide) groups is 1. The summed E-state index contributed by atoms with van der Waals surface area (Å²) in [4.78, 5) is 15.6. The molecule has 21 heavy (non-hydrogen) atoms. The van der Waals surface area contributed by atoms with Gasteiger partial charge in [0.2, 0.25) is 5.91 Å². The van der Waals surface area contributed by atoms with E-state index in [1.165, 1.54) is 19.3 Å². The molecule has 0 bridgehead atoms. The summed E-state index contributed by atoms with van der Waals surface area (Å²) in [5.41, 5.74) is 7.95. The van der Waals surface area contributed by atoms with Crippen LogP contribution in [-0.2, 0) is 4.79 Å². The lowest BCUT2D eigenvalue weighted by atomic mass is 9.94. The Labute approximate surface area is 132 Å². The highest BCUT2D eigenvalue weighted by Gasteiger charge is 2.24. The first-order valence-electron chi connectivity index (χ1n) is 7.90. The predicted octanol–water partition coefficient (Wildman–Crippen LogP) is 3.85. The Morgan fingerprint density at radius 3 is 2.71 bits per heavy atom. The predicted molar refractivity (Wildman–Crippen MR) is 90.6 cm³/mol. The number of carbonyl (C=O) groups is 1. The summed E-state index contributed by atoms with van der Waals surface area (Å²) in [7, 11) is 0. The summed E-state index contributed by atoms with van der Waals surface area (Å²) in [5, 5.41) is 0. The maximum Gasteiger partial charge on any atom is 0.233 e. The zero-order valence-electron chi connectivity index (χ0n) is 13.1. The summed E-state index contributed by atoms with van der Waals surface area (Å²) in [6, 6.07) is 6.45. The van der Waals surface area contributed by atoms with Crippen molar-refractivity contribution in [2.45, 2.75) is 56.9 Å². The average molecular weight is 306 g/mol. The molecule has 1 amide bonds. The Bertz CT molecular complexity index is 484. The molecule has 0 aliphatic heterocycles. The van der Waals surface area contributed by atoms with E-state index in [9.17, 15) is 4.79 Å². The van der Waals surface area contributed by atoms with Crippen molar-refractivity contribution in [3.63, 3.8) is 0 Å². The molecule has 4 heteroatoms. The molecule has 2 N–H and O–H groups in total. The van der Waals surface area contributed by atoms with Crippen molar-refractivity contribution in [3.05, 3.63) is 23.8 Å². The average Bonchev–Trinajstić information content (AvgIpc) is 2.50. The number of hydrogen-bond donors (Lipinski definition) is 1. The standard InChI is InChI=1S/C17H26N2OS/c1-3-19(14-9-5-4-6-10-14)16(20)12-21-15-11-7-8-13(2)17(15)18/h7-8,11,14H,3-6,9-10,12,18H2,1-2H3. The fourth-order valence-corrected chi connectivity index (χ4v) is 3.97. The Morgan fingerprint density at radius 1 is 1.33 bits per heavy atom. The van der Waals surface area contributed by atoms with Gasteiger partial charge in [-0.25, -0.2) is 0 Å². The minimum absolute atomic E-state index is 0.246. The van der Waals surface area contributed by atoms with Crippen LogP contribution < -0.4 is 5.73 Å². The highest BCUT2D eigenvalue weighted by atomic mass is 32.2. The van der Waals surface area contributed by atoms with Crippen molar-refractivity contribution >= 4 is 23.4 Å². The quantitative estimate of drug-likeness (QED) is 0.664. The number of aryl methyl sites for hydroxylation is 1. The molecule has 116 valence electrons. The van der Waals surface area contributed by atoms with Gasteiger partial charge in [0.25, 0.3) is 0 Å².